The van der Waals surface area contributed by atoms with Crippen LogP contribution in [0.2, 0.25) is 8.67 Å². The van der Waals surface area contributed by atoms with E-state index in [0.717, 1.165) is 5.56 Å². The molecule has 1 atom stereocenters. The summed E-state index contributed by atoms with van der Waals surface area (Å²) in [6, 6.07) is 1.22. The van der Waals surface area contributed by atoms with Crippen molar-refractivity contribution in [2.45, 2.75) is 19.5 Å². The van der Waals surface area contributed by atoms with Gasteiger partial charge in [0, 0.05) is 6.54 Å². The molecule has 0 aliphatic heterocycles. The Hall–Kier alpha value is -0.290. The Bertz CT molecular complexity index is 367. The average molecular weight is 268 g/mol. The van der Waals surface area contributed by atoms with Crippen LogP contribution in [0.5, 0.6) is 0 Å². The van der Waals surface area contributed by atoms with Gasteiger partial charge in [-0.05, 0) is 25.6 Å². The number of hydrogen-bond donors (Lipinski definition) is 1. The van der Waals surface area contributed by atoms with E-state index in [2.05, 4.69) is 0 Å². The van der Waals surface area contributed by atoms with Crippen molar-refractivity contribution in [2.24, 2.45) is 0 Å². The predicted molar refractivity (Wildman–Crippen MR) is 62.9 cm³/mol. The Balaban J connectivity index is 2.70. The monoisotopic (exact) mass is 267 g/mol. The third-order valence-electron chi connectivity index (χ3n) is 2.17. The Kier molecular flexibility index (Phi) is 4.40. The van der Waals surface area contributed by atoms with Crippen LogP contribution >= 0.6 is 34.5 Å². The van der Waals surface area contributed by atoms with E-state index >= 15 is 0 Å². The fourth-order valence-electron chi connectivity index (χ4n) is 1.08. The average Bonchev–Trinajstić information content (AvgIpc) is 2.43. The van der Waals surface area contributed by atoms with Crippen LogP contribution in [-0.2, 0) is 11.3 Å². The molecular formula is C9H11Cl2NO2S. The van der Waals surface area contributed by atoms with E-state index in [1.807, 2.05) is 0 Å². The van der Waals surface area contributed by atoms with E-state index in [0.29, 0.717) is 15.2 Å². The molecule has 15 heavy (non-hydrogen) atoms. The molecule has 1 N–H and O–H groups in total. The van der Waals surface area contributed by atoms with E-state index < -0.39 is 12.0 Å². The van der Waals surface area contributed by atoms with Crippen LogP contribution in [0, 0.1) is 0 Å². The first-order chi connectivity index (χ1) is 6.91. The van der Waals surface area contributed by atoms with Gasteiger partial charge < -0.3 is 5.11 Å². The lowest BCUT2D eigenvalue weighted by atomic mass is 10.2. The fourth-order valence-corrected chi connectivity index (χ4v) is 2.55. The van der Waals surface area contributed by atoms with Gasteiger partial charge in [-0.1, -0.05) is 23.2 Å². The van der Waals surface area contributed by atoms with E-state index in [4.69, 9.17) is 28.3 Å². The number of carboxylic acid groups (broad SMARTS) is 1. The number of halogens is 2. The molecule has 84 valence electrons. The third-order valence-corrected chi connectivity index (χ3v) is 3.73. The Labute approximate surface area is 102 Å². The van der Waals surface area contributed by atoms with Crippen LogP contribution in [0.15, 0.2) is 6.07 Å². The van der Waals surface area contributed by atoms with Crippen LogP contribution in [0.1, 0.15) is 12.5 Å². The summed E-state index contributed by atoms with van der Waals surface area (Å²) in [5.74, 6) is -0.852. The fraction of sp³-hybridized carbons (Fsp3) is 0.444. The minimum Gasteiger partial charge on any atom is -0.480 e. The zero-order chi connectivity index (χ0) is 11.6. The Morgan fingerprint density at radius 1 is 1.67 bits per heavy atom. The lowest BCUT2D eigenvalue weighted by Gasteiger charge is -2.20. The van der Waals surface area contributed by atoms with Gasteiger partial charge in [-0.3, -0.25) is 9.69 Å². The number of likely N-dealkylation sites (N-methyl/N-ethyl adjacent to an activating group) is 1. The minimum absolute atomic E-state index is 0.482. The Morgan fingerprint density at radius 2 is 2.27 bits per heavy atom. The molecule has 0 radical (unpaired) electrons. The van der Waals surface area contributed by atoms with Crippen molar-refractivity contribution in [1.82, 2.24) is 4.90 Å². The van der Waals surface area contributed by atoms with Crippen molar-refractivity contribution >= 4 is 40.5 Å². The van der Waals surface area contributed by atoms with Crippen molar-refractivity contribution in [3.05, 3.63) is 20.3 Å². The first-order valence-corrected chi connectivity index (χ1v) is 5.85. The van der Waals surface area contributed by atoms with Crippen molar-refractivity contribution in [3.8, 4) is 0 Å². The largest absolute Gasteiger partial charge is 0.480 e. The Morgan fingerprint density at radius 3 is 2.67 bits per heavy atom. The highest BCUT2D eigenvalue weighted by Gasteiger charge is 2.18. The summed E-state index contributed by atoms with van der Waals surface area (Å²) in [6.45, 7) is 2.11. The minimum atomic E-state index is -0.852. The molecule has 1 aromatic heterocycles. The molecule has 0 bridgehead atoms. The van der Waals surface area contributed by atoms with Crippen LogP contribution < -0.4 is 0 Å². The maximum Gasteiger partial charge on any atom is 0.320 e. The molecule has 0 amide bonds. The molecule has 0 spiro atoms. The summed E-state index contributed by atoms with van der Waals surface area (Å²) < 4.78 is 1.23. The first-order valence-electron chi connectivity index (χ1n) is 4.28. The summed E-state index contributed by atoms with van der Waals surface area (Å²) in [5.41, 5.74) is 0.863. The molecule has 1 aromatic rings. The number of carboxylic acids is 1. The molecular weight excluding hydrogens is 257 g/mol. The molecule has 0 aliphatic carbocycles. The highest BCUT2D eigenvalue weighted by atomic mass is 35.5. The van der Waals surface area contributed by atoms with Gasteiger partial charge in [-0.2, -0.15) is 0 Å². The highest BCUT2D eigenvalue weighted by molar-refractivity contribution is 7.20. The van der Waals surface area contributed by atoms with E-state index in [1.165, 1.54) is 11.3 Å². The summed E-state index contributed by atoms with van der Waals surface area (Å²) >= 11 is 13.0. The molecule has 0 saturated carbocycles. The van der Waals surface area contributed by atoms with Crippen LogP contribution in [-0.4, -0.2) is 29.1 Å². The van der Waals surface area contributed by atoms with Crippen LogP contribution in [0.25, 0.3) is 0 Å². The molecule has 1 heterocycles. The van der Waals surface area contributed by atoms with Crippen molar-refractivity contribution in [2.75, 3.05) is 7.05 Å². The van der Waals surface area contributed by atoms with Crippen LogP contribution in [0.4, 0.5) is 0 Å². The molecule has 0 saturated heterocycles. The first kappa shape index (κ1) is 12.8. The van der Waals surface area contributed by atoms with E-state index in [1.54, 1.807) is 24.9 Å². The summed E-state index contributed by atoms with van der Waals surface area (Å²) in [6.07, 6.45) is 0. The summed E-state index contributed by atoms with van der Waals surface area (Å²) in [5, 5.41) is 8.81. The number of nitrogens with zero attached hydrogens (tertiary/aromatic N) is 1. The second-order valence-corrected chi connectivity index (χ2v) is 5.56. The van der Waals surface area contributed by atoms with Crippen molar-refractivity contribution in [1.29, 1.82) is 0 Å². The molecule has 0 aromatic carbocycles. The maximum absolute atomic E-state index is 10.7. The second-order valence-electron chi connectivity index (χ2n) is 3.28. The maximum atomic E-state index is 10.7. The highest BCUT2D eigenvalue weighted by Crippen LogP contribution is 2.31. The van der Waals surface area contributed by atoms with Gasteiger partial charge in [0.15, 0.2) is 0 Å². The molecule has 1 rings (SSSR count). The normalized spacial score (nSPS) is 13.1. The van der Waals surface area contributed by atoms with E-state index in [9.17, 15) is 4.79 Å². The number of hydrogen-bond acceptors (Lipinski definition) is 3. The molecule has 0 aliphatic rings. The smallest absolute Gasteiger partial charge is 0.320 e. The standard InChI is InChI=1S/C9H11Cl2NO2S/c1-5(9(13)14)12(2)4-6-3-7(10)15-8(6)11/h3,5H,4H2,1-2H3,(H,13,14). The van der Waals surface area contributed by atoms with Gasteiger partial charge in [0.25, 0.3) is 0 Å². The van der Waals surface area contributed by atoms with Gasteiger partial charge in [-0.25, -0.2) is 0 Å². The SMILES string of the molecule is CC(C(=O)O)N(C)Cc1cc(Cl)sc1Cl. The molecule has 3 nitrogen and oxygen atoms in total. The number of rotatable bonds is 4. The zero-order valence-electron chi connectivity index (χ0n) is 8.33. The van der Waals surface area contributed by atoms with E-state index in [-0.39, 0.29) is 0 Å². The topological polar surface area (TPSA) is 40.5 Å². The summed E-state index contributed by atoms with van der Waals surface area (Å²) in [4.78, 5) is 12.4. The van der Waals surface area contributed by atoms with Crippen LogP contribution in [0.3, 0.4) is 0 Å². The molecule has 1 unspecified atom stereocenters. The van der Waals surface area contributed by atoms with Crippen molar-refractivity contribution < 1.29 is 9.90 Å². The van der Waals surface area contributed by atoms with Gasteiger partial charge in [0.1, 0.15) is 6.04 Å². The third kappa shape index (κ3) is 3.34. The van der Waals surface area contributed by atoms with Gasteiger partial charge in [0.2, 0.25) is 0 Å². The number of thiophene rings is 1. The summed E-state index contributed by atoms with van der Waals surface area (Å²) in [7, 11) is 1.74. The number of carbonyl (C=O) groups is 1. The van der Waals surface area contributed by atoms with Crippen molar-refractivity contribution in [3.63, 3.8) is 0 Å². The lowest BCUT2D eigenvalue weighted by Crippen LogP contribution is -2.35. The van der Waals surface area contributed by atoms with Gasteiger partial charge in [-0.15, -0.1) is 11.3 Å². The van der Waals surface area contributed by atoms with Gasteiger partial charge in [0.05, 0.1) is 8.67 Å². The molecule has 0 fully saturated rings. The zero-order valence-corrected chi connectivity index (χ0v) is 10.7. The number of aliphatic carboxylic acids is 1. The van der Waals surface area contributed by atoms with Gasteiger partial charge >= 0.3 is 5.97 Å². The molecule has 6 heteroatoms. The lowest BCUT2D eigenvalue weighted by molar-refractivity contribution is -0.142. The predicted octanol–water partition coefficient (Wildman–Crippen LogP) is 2.96. The second kappa shape index (κ2) is 5.16. The quantitative estimate of drug-likeness (QED) is 0.912.